The molecule has 1 fully saturated rings. The van der Waals surface area contributed by atoms with E-state index in [2.05, 4.69) is 48.1 Å². The van der Waals surface area contributed by atoms with E-state index in [0.717, 1.165) is 5.92 Å². The molecule has 0 N–H and O–H groups in total. The van der Waals surface area contributed by atoms with E-state index in [1.54, 1.807) is 0 Å². The molecule has 0 nitrogen and oxygen atoms in total. The van der Waals surface area contributed by atoms with E-state index < -0.39 is 0 Å². The topological polar surface area (TPSA) is 0 Å². The molecule has 0 amide bonds. The van der Waals surface area contributed by atoms with Crippen LogP contribution >= 0.6 is 0 Å². The zero-order valence-electron chi connectivity index (χ0n) is 10.8. The maximum absolute atomic E-state index is 4.20. The number of hydrogen-bond donors (Lipinski definition) is 0. The van der Waals surface area contributed by atoms with Crippen molar-refractivity contribution in [1.29, 1.82) is 0 Å². The highest BCUT2D eigenvalue weighted by atomic mass is 14.5. The van der Waals surface area contributed by atoms with Crippen LogP contribution in [-0.4, -0.2) is 0 Å². The maximum atomic E-state index is 4.20. The molecule has 0 heterocycles. The first-order valence-electron chi connectivity index (χ1n) is 5.82. The Morgan fingerprint density at radius 2 is 1.43 bits per heavy atom. The Morgan fingerprint density at radius 3 is 1.71 bits per heavy atom. The van der Waals surface area contributed by atoms with Crippen molar-refractivity contribution in [2.45, 2.75) is 54.4 Å². The smallest absolute Gasteiger partial charge is 0.0106 e. The van der Waals surface area contributed by atoms with Crippen molar-refractivity contribution in [1.82, 2.24) is 0 Å². The minimum Gasteiger partial charge on any atom is -0.0998 e. The number of allylic oxidation sites excluding steroid dienone is 1. The molecule has 1 saturated carbocycles. The second-order valence-corrected chi connectivity index (χ2v) is 6.77. The van der Waals surface area contributed by atoms with E-state index >= 15 is 0 Å². The molecular formula is C14H26. The maximum Gasteiger partial charge on any atom is -0.0106 e. The summed E-state index contributed by atoms with van der Waals surface area (Å²) in [6, 6.07) is 0. The molecule has 1 aliphatic rings. The molecule has 14 heavy (non-hydrogen) atoms. The van der Waals surface area contributed by atoms with Gasteiger partial charge in [0, 0.05) is 0 Å². The summed E-state index contributed by atoms with van der Waals surface area (Å²) in [6.07, 6.45) is 2.68. The Bertz CT molecular complexity index is 214. The molecule has 0 spiro atoms. The highest BCUT2D eigenvalue weighted by Crippen LogP contribution is 2.55. The van der Waals surface area contributed by atoms with Crippen LogP contribution in [0.3, 0.4) is 0 Å². The summed E-state index contributed by atoms with van der Waals surface area (Å²) in [5, 5.41) is 0. The molecule has 0 radical (unpaired) electrons. The van der Waals surface area contributed by atoms with Gasteiger partial charge in [0.2, 0.25) is 0 Å². The standard InChI is InChI=1S/C14H26/c1-10(2)12-13(4,5)8-11(3)9-14(12,6)7/h11-12H,1,8-9H2,2-7H3. The highest BCUT2D eigenvalue weighted by Gasteiger charge is 2.46. The first-order valence-corrected chi connectivity index (χ1v) is 5.82. The van der Waals surface area contributed by atoms with Crippen molar-refractivity contribution in [3.63, 3.8) is 0 Å². The van der Waals surface area contributed by atoms with Gasteiger partial charge in [-0.15, -0.1) is 0 Å². The average Bonchev–Trinajstić information content (AvgIpc) is 1.75. The predicted octanol–water partition coefficient (Wildman–Crippen LogP) is 4.66. The van der Waals surface area contributed by atoms with Crippen molar-refractivity contribution in [3.8, 4) is 0 Å². The largest absolute Gasteiger partial charge is 0.0998 e. The van der Waals surface area contributed by atoms with Gasteiger partial charge in [0.15, 0.2) is 0 Å². The Morgan fingerprint density at radius 1 is 1.07 bits per heavy atom. The van der Waals surface area contributed by atoms with Gasteiger partial charge in [-0.3, -0.25) is 0 Å². The van der Waals surface area contributed by atoms with E-state index in [1.165, 1.54) is 18.4 Å². The summed E-state index contributed by atoms with van der Waals surface area (Å²) in [4.78, 5) is 0. The normalized spacial score (nSPS) is 35.3. The van der Waals surface area contributed by atoms with Crippen LogP contribution in [0.5, 0.6) is 0 Å². The average molecular weight is 194 g/mol. The lowest BCUT2D eigenvalue weighted by atomic mass is 9.53. The van der Waals surface area contributed by atoms with E-state index in [9.17, 15) is 0 Å². The van der Waals surface area contributed by atoms with Crippen LogP contribution in [0.2, 0.25) is 0 Å². The summed E-state index contributed by atoms with van der Waals surface area (Å²) >= 11 is 0. The Labute approximate surface area is 89.8 Å². The molecule has 1 aliphatic carbocycles. The van der Waals surface area contributed by atoms with Crippen LogP contribution in [0.4, 0.5) is 0 Å². The lowest BCUT2D eigenvalue weighted by Crippen LogP contribution is -2.43. The van der Waals surface area contributed by atoms with Crippen LogP contribution in [0.1, 0.15) is 54.4 Å². The summed E-state index contributed by atoms with van der Waals surface area (Å²) in [7, 11) is 0. The van der Waals surface area contributed by atoms with Gasteiger partial charge in [-0.05, 0) is 42.4 Å². The van der Waals surface area contributed by atoms with E-state index in [1.807, 2.05) is 0 Å². The third-order valence-corrected chi connectivity index (χ3v) is 3.80. The molecule has 82 valence electrons. The Kier molecular flexibility index (Phi) is 2.87. The first kappa shape index (κ1) is 11.8. The van der Waals surface area contributed by atoms with Crippen LogP contribution < -0.4 is 0 Å². The quantitative estimate of drug-likeness (QED) is 0.532. The van der Waals surface area contributed by atoms with Crippen LogP contribution in [0.15, 0.2) is 12.2 Å². The van der Waals surface area contributed by atoms with Crippen molar-refractivity contribution in [2.75, 3.05) is 0 Å². The van der Waals surface area contributed by atoms with Crippen LogP contribution in [-0.2, 0) is 0 Å². The molecule has 0 aliphatic heterocycles. The lowest BCUT2D eigenvalue weighted by Gasteiger charge is -2.52. The highest BCUT2D eigenvalue weighted by molar-refractivity contribution is 5.10. The summed E-state index contributed by atoms with van der Waals surface area (Å²) < 4.78 is 0. The minimum absolute atomic E-state index is 0.424. The fourth-order valence-corrected chi connectivity index (χ4v) is 4.50. The molecule has 0 bridgehead atoms. The van der Waals surface area contributed by atoms with Gasteiger partial charge in [-0.2, -0.15) is 0 Å². The summed E-state index contributed by atoms with van der Waals surface area (Å²) in [5.74, 6) is 1.53. The number of hydrogen-bond acceptors (Lipinski definition) is 0. The monoisotopic (exact) mass is 194 g/mol. The lowest BCUT2D eigenvalue weighted by molar-refractivity contribution is 0.0105. The molecule has 0 atom stereocenters. The Balaban J connectivity index is 3.03. The van der Waals surface area contributed by atoms with Gasteiger partial charge in [-0.25, -0.2) is 0 Å². The van der Waals surface area contributed by atoms with Gasteiger partial charge in [0.25, 0.3) is 0 Å². The van der Waals surface area contributed by atoms with Crippen LogP contribution in [0, 0.1) is 22.7 Å². The first-order chi connectivity index (χ1) is 6.17. The molecule has 0 aromatic heterocycles. The molecular weight excluding hydrogens is 168 g/mol. The zero-order valence-corrected chi connectivity index (χ0v) is 10.8. The second-order valence-electron chi connectivity index (χ2n) is 6.77. The summed E-state index contributed by atoms with van der Waals surface area (Å²) in [6.45, 7) is 18.4. The predicted molar refractivity (Wildman–Crippen MR) is 64.3 cm³/mol. The SMILES string of the molecule is C=C(C)C1C(C)(C)CC(C)CC1(C)C. The van der Waals surface area contributed by atoms with Crippen LogP contribution in [0.25, 0.3) is 0 Å². The third kappa shape index (κ3) is 2.04. The van der Waals surface area contributed by atoms with E-state index in [4.69, 9.17) is 0 Å². The molecule has 0 unspecified atom stereocenters. The Hall–Kier alpha value is -0.260. The molecule has 1 rings (SSSR count). The third-order valence-electron chi connectivity index (χ3n) is 3.80. The minimum atomic E-state index is 0.424. The van der Waals surface area contributed by atoms with Crippen molar-refractivity contribution >= 4 is 0 Å². The van der Waals surface area contributed by atoms with Gasteiger partial charge < -0.3 is 0 Å². The molecule has 0 saturated heterocycles. The van der Waals surface area contributed by atoms with E-state index in [0.29, 0.717) is 16.7 Å². The van der Waals surface area contributed by atoms with Gasteiger partial charge in [0.05, 0.1) is 0 Å². The van der Waals surface area contributed by atoms with Gasteiger partial charge in [0.1, 0.15) is 0 Å². The molecule has 0 aromatic rings. The fourth-order valence-electron chi connectivity index (χ4n) is 4.50. The number of rotatable bonds is 1. The zero-order chi connectivity index (χ0) is 11.1. The van der Waals surface area contributed by atoms with Crippen molar-refractivity contribution in [3.05, 3.63) is 12.2 Å². The van der Waals surface area contributed by atoms with Gasteiger partial charge >= 0.3 is 0 Å². The van der Waals surface area contributed by atoms with Gasteiger partial charge in [-0.1, -0.05) is 46.8 Å². The molecule has 0 heteroatoms. The molecule has 0 aromatic carbocycles. The fraction of sp³-hybridized carbons (Fsp3) is 0.857. The second kappa shape index (κ2) is 3.40. The van der Waals surface area contributed by atoms with Crippen molar-refractivity contribution < 1.29 is 0 Å². The summed E-state index contributed by atoms with van der Waals surface area (Å²) in [5.41, 5.74) is 2.21. The van der Waals surface area contributed by atoms with E-state index in [-0.39, 0.29) is 0 Å². The van der Waals surface area contributed by atoms with Crippen molar-refractivity contribution in [2.24, 2.45) is 22.7 Å².